The Morgan fingerprint density at radius 2 is 2.00 bits per heavy atom. The maximum atomic E-state index is 12.2. The van der Waals surface area contributed by atoms with Gasteiger partial charge in [0, 0.05) is 0 Å². The molecule has 0 bridgehead atoms. The van der Waals surface area contributed by atoms with E-state index in [-0.39, 0.29) is 10.6 Å². The Bertz CT molecular complexity index is 879. The zero-order valence-corrected chi connectivity index (χ0v) is 24.1. The van der Waals surface area contributed by atoms with Crippen molar-refractivity contribution in [3.8, 4) is 0 Å². The van der Waals surface area contributed by atoms with Crippen LogP contribution in [0.2, 0.25) is 3.97 Å². The van der Waals surface area contributed by atoms with Crippen LogP contribution in [0.25, 0.3) is 0 Å². The van der Waals surface area contributed by atoms with Crippen LogP contribution in [0, 0.1) is 0 Å². The molecule has 20 heteroatoms. The van der Waals surface area contributed by atoms with Crippen molar-refractivity contribution in [1.29, 1.82) is 0 Å². The Morgan fingerprint density at radius 1 is 1.33 bits per heavy atom. The van der Waals surface area contributed by atoms with Gasteiger partial charge in [0.05, 0.1) is 0 Å². The topological polar surface area (TPSA) is 190 Å². The molecule has 1 saturated heterocycles. The summed E-state index contributed by atoms with van der Waals surface area (Å²) in [6, 6.07) is 1.20. The molecule has 1 aromatic heterocycles. The summed E-state index contributed by atoms with van der Waals surface area (Å²) < 4.78 is 30.5. The van der Waals surface area contributed by atoms with Crippen molar-refractivity contribution in [3.63, 3.8) is 0 Å². The quantitative estimate of drug-likeness (QED) is 0.139. The number of halogens is 3. The van der Waals surface area contributed by atoms with Crippen LogP contribution >= 0.6 is 72.8 Å². The second-order valence-electron chi connectivity index (χ2n) is 5.43. The molecule has 5 atom stereocenters. The normalized spacial score (nSPS) is 24.7. The molecule has 0 aliphatic carbocycles. The number of nitrogens with zero attached hydrogens (tertiary/aromatic N) is 1. The van der Waals surface area contributed by atoms with Crippen LogP contribution in [-0.4, -0.2) is 62.9 Å². The molecule has 3 unspecified atom stereocenters. The van der Waals surface area contributed by atoms with Crippen molar-refractivity contribution >= 4 is 93.7 Å². The summed E-state index contributed by atoms with van der Waals surface area (Å²) in [5, 5.41) is 0. The fraction of sp³-hybridized carbons (Fsp3) is 0.600. The van der Waals surface area contributed by atoms with Gasteiger partial charge >= 0.3 is 208 Å². The van der Waals surface area contributed by atoms with E-state index in [1.54, 1.807) is 0 Å². The molecule has 2 rings (SSSR count). The van der Waals surface area contributed by atoms with Gasteiger partial charge in [-0.25, -0.2) is 0 Å². The summed E-state index contributed by atoms with van der Waals surface area (Å²) in [6.07, 6.45) is 0.496. The molecule has 0 amide bonds. The molecule has 2 heterocycles. The molecular formula is C10H14Br3N2O11P3Te. The average molecular weight is 798 g/mol. The molecule has 0 spiro atoms. The first-order valence-electron chi connectivity index (χ1n) is 7.49. The predicted molar refractivity (Wildman–Crippen MR) is 117 cm³/mol. The molecule has 0 aromatic carbocycles. The number of ether oxygens (including phenoxy) is 1. The van der Waals surface area contributed by atoms with Crippen molar-refractivity contribution in [2.75, 3.05) is 6.61 Å². The Labute approximate surface area is 206 Å². The van der Waals surface area contributed by atoms with E-state index < -0.39 is 69.7 Å². The second-order valence-corrected chi connectivity index (χ2v) is 24.7. The Balaban J connectivity index is 2.01. The number of alkyl halides is 3. The van der Waals surface area contributed by atoms with Crippen molar-refractivity contribution < 1.29 is 42.0 Å². The number of rotatable bonds is 9. The molecule has 172 valence electrons. The van der Waals surface area contributed by atoms with Crippen molar-refractivity contribution in [1.82, 2.24) is 9.55 Å². The number of aromatic nitrogens is 2. The minimum absolute atomic E-state index is 0.107. The number of phosphoric acid groups is 1. The van der Waals surface area contributed by atoms with Gasteiger partial charge in [0.1, 0.15) is 0 Å². The number of hydrogen-bond donors (Lipinski definition) is 5. The van der Waals surface area contributed by atoms with E-state index >= 15 is 0 Å². The molecule has 5 N–H and O–H groups in total. The third-order valence-electron chi connectivity index (χ3n) is 3.24. The first-order valence-corrected chi connectivity index (χ1v) is 16.2. The van der Waals surface area contributed by atoms with E-state index in [9.17, 15) is 23.9 Å². The van der Waals surface area contributed by atoms with Crippen LogP contribution in [0.1, 0.15) is 12.6 Å². The zero-order chi connectivity index (χ0) is 22.7. The third kappa shape index (κ3) is 9.89. The van der Waals surface area contributed by atoms with Gasteiger partial charge < -0.3 is 0 Å². The summed E-state index contributed by atoms with van der Waals surface area (Å²) >= 11 is 9.44. The molecule has 0 radical (unpaired) electrons. The summed E-state index contributed by atoms with van der Waals surface area (Å²) in [7, 11) is -10.8. The van der Waals surface area contributed by atoms with E-state index in [2.05, 4.69) is 61.4 Å². The van der Waals surface area contributed by atoms with Crippen molar-refractivity contribution in [2.45, 2.75) is 22.9 Å². The van der Waals surface area contributed by atoms with Gasteiger partial charge in [-0.1, -0.05) is 0 Å². The molecule has 1 aliphatic heterocycles. The van der Waals surface area contributed by atoms with Gasteiger partial charge in [-0.05, 0) is 0 Å². The maximum absolute atomic E-state index is 12.2. The number of nitrogens with one attached hydrogen (secondary N) is 1. The van der Waals surface area contributed by atoms with Crippen LogP contribution < -0.4 is 11.2 Å². The van der Waals surface area contributed by atoms with Crippen LogP contribution in [0.15, 0.2) is 21.9 Å². The standard InChI is InChI=1S/C10H14Br3N2O11P3Te/c11-10(12,13)30-6-3-5(4-23-27(18)25-28(19)26-29(20,21)22)24-8(6)15-2-1-7(16)14-9(15)17/h1-2,5-6,8,18-19H,3-4H2,(H,14,16,17)(H2,20,21,22)/t5-,6-,8?,27?,28?/m0/s1. The van der Waals surface area contributed by atoms with Crippen LogP contribution in [0.3, 0.4) is 0 Å². The number of H-pyrrole nitrogens is 1. The van der Waals surface area contributed by atoms with Crippen LogP contribution in [0.5, 0.6) is 0 Å². The average Bonchev–Trinajstić information content (AvgIpc) is 2.91. The fourth-order valence-electron chi connectivity index (χ4n) is 2.31. The van der Waals surface area contributed by atoms with E-state index in [4.69, 9.17) is 19.0 Å². The summed E-state index contributed by atoms with van der Waals surface area (Å²) in [5.74, 6) is 0. The van der Waals surface area contributed by atoms with E-state index in [0.29, 0.717) is 6.42 Å². The summed E-state index contributed by atoms with van der Waals surface area (Å²) in [6.45, 7) is -0.195. The Kier molecular flexibility index (Phi) is 11.1. The minimum atomic E-state index is -4.99. The molecule has 1 fully saturated rings. The SMILES string of the molecule is O=c1ccn(C2O[C@H](COP(O)OP(O)OP(=O)(O)O)C[C@@H]2[Te]C(Br)(Br)Br)c(=O)[nH]1. The monoisotopic (exact) mass is 798 g/mol. The third-order valence-corrected chi connectivity index (χ3v) is 12.7. The van der Waals surface area contributed by atoms with E-state index in [0.717, 1.165) is 0 Å². The fourth-order valence-corrected chi connectivity index (χ4v) is 12.0. The van der Waals surface area contributed by atoms with Crippen LogP contribution in [0.4, 0.5) is 0 Å². The van der Waals surface area contributed by atoms with Gasteiger partial charge in [0.2, 0.25) is 0 Å². The van der Waals surface area contributed by atoms with Gasteiger partial charge in [0.15, 0.2) is 0 Å². The Morgan fingerprint density at radius 3 is 2.57 bits per heavy atom. The molecule has 1 aromatic rings. The molecule has 1 aliphatic rings. The Hall–Kier alpha value is 1.68. The van der Waals surface area contributed by atoms with Crippen molar-refractivity contribution in [2.24, 2.45) is 0 Å². The summed E-state index contributed by atoms with van der Waals surface area (Å²) in [5.41, 5.74) is -1.18. The first kappa shape index (κ1) is 27.9. The summed E-state index contributed by atoms with van der Waals surface area (Å²) in [4.78, 5) is 61.7. The molecule has 0 saturated carbocycles. The van der Waals surface area contributed by atoms with E-state index in [1.807, 2.05) is 0 Å². The van der Waals surface area contributed by atoms with E-state index in [1.165, 1.54) is 16.8 Å². The first-order chi connectivity index (χ1) is 13.7. The molecule has 30 heavy (non-hydrogen) atoms. The van der Waals surface area contributed by atoms with Gasteiger partial charge in [-0.2, -0.15) is 0 Å². The molecular weight excluding hydrogens is 784 g/mol. The van der Waals surface area contributed by atoms with Gasteiger partial charge in [0.25, 0.3) is 0 Å². The second kappa shape index (κ2) is 11.9. The predicted octanol–water partition coefficient (Wildman–Crippen LogP) is 1.69. The van der Waals surface area contributed by atoms with Gasteiger partial charge in [-0.3, -0.25) is 0 Å². The van der Waals surface area contributed by atoms with Crippen LogP contribution in [-0.2, 0) is 22.4 Å². The van der Waals surface area contributed by atoms with Crippen molar-refractivity contribution in [3.05, 3.63) is 33.1 Å². The number of aromatic amines is 1. The number of hydrogen-bond acceptors (Lipinski definition) is 9. The zero-order valence-electron chi connectivity index (χ0n) is 14.3. The van der Waals surface area contributed by atoms with Gasteiger partial charge in [-0.15, -0.1) is 0 Å². The molecule has 13 nitrogen and oxygen atoms in total.